The Labute approximate surface area is 105 Å². The summed E-state index contributed by atoms with van der Waals surface area (Å²) in [5, 5.41) is 10.2. The minimum absolute atomic E-state index is 0.419. The monoisotopic (exact) mass is 235 g/mol. The van der Waals surface area contributed by atoms with Gasteiger partial charge < -0.3 is 10.8 Å². The summed E-state index contributed by atoms with van der Waals surface area (Å²) in [7, 11) is 0. The lowest BCUT2D eigenvalue weighted by atomic mass is 9.90. The molecule has 1 rings (SSSR count). The number of nitrogen functional groups attached to an aromatic ring is 1. The van der Waals surface area contributed by atoms with Gasteiger partial charge in [0.1, 0.15) is 0 Å². The Kier molecular flexibility index (Phi) is 6.06. The van der Waals surface area contributed by atoms with E-state index in [9.17, 15) is 5.11 Å². The number of para-hydroxylation sites is 1. The van der Waals surface area contributed by atoms with Crippen molar-refractivity contribution in [3.63, 3.8) is 0 Å². The molecule has 0 heterocycles. The number of nitrogens with two attached hydrogens (primary N) is 1. The van der Waals surface area contributed by atoms with Gasteiger partial charge in [-0.3, -0.25) is 0 Å². The van der Waals surface area contributed by atoms with Crippen molar-refractivity contribution in [1.29, 1.82) is 0 Å². The summed E-state index contributed by atoms with van der Waals surface area (Å²) in [5.41, 5.74) is 7.46. The molecule has 0 amide bonds. The van der Waals surface area contributed by atoms with E-state index >= 15 is 0 Å². The summed E-state index contributed by atoms with van der Waals surface area (Å²) in [4.78, 5) is 0. The van der Waals surface area contributed by atoms with Crippen LogP contribution in [-0.4, -0.2) is 5.11 Å². The van der Waals surface area contributed by atoms with Crippen LogP contribution in [0.3, 0.4) is 0 Å². The Morgan fingerprint density at radius 3 is 2.53 bits per heavy atom. The maximum Gasteiger partial charge on any atom is 0.0812 e. The van der Waals surface area contributed by atoms with E-state index in [0.29, 0.717) is 11.6 Å². The second kappa shape index (κ2) is 7.33. The number of benzene rings is 1. The van der Waals surface area contributed by atoms with Crippen molar-refractivity contribution >= 4 is 5.69 Å². The normalized spacial score (nSPS) is 14.5. The molecule has 3 N–H and O–H groups in total. The predicted octanol–water partition coefficient (Wildman–Crippen LogP) is 3.91. The minimum atomic E-state index is -0.419. The molecule has 0 saturated carbocycles. The number of hydrogen-bond acceptors (Lipinski definition) is 2. The van der Waals surface area contributed by atoms with E-state index in [4.69, 9.17) is 5.73 Å². The number of rotatable bonds is 7. The average molecular weight is 235 g/mol. The maximum atomic E-state index is 10.2. The molecule has 1 aromatic rings. The van der Waals surface area contributed by atoms with Crippen LogP contribution in [0, 0.1) is 5.92 Å². The average Bonchev–Trinajstić information content (AvgIpc) is 2.34. The summed E-state index contributed by atoms with van der Waals surface area (Å²) in [6, 6.07) is 7.61. The SMILES string of the molecule is CCCCC(CC)CC(O)c1ccccc1N. The highest BCUT2D eigenvalue weighted by atomic mass is 16.3. The molecule has 0 aliphatic heterocycles. The van der Waals surface area contributed by atoms with Crippen LogP contribution in [0.5, 0.6) is 0 Å². The lowest BCUT2D eigenvalue weighted by molar-refractivity contribution is 0.140. The Morgan fingerprint density at radius 2 is 1.94 bits per heavy atom. The fraction of sp³-hybridized carbons (Fsp3) is 0.600. The van der Waals surface area contributed by atoms with E-state index in [0.717, 1.165) is 18.4 Å². The Balaban J connectivity index is 2.58. The molecule has 2 heteroatoms. The second-order valence-electron chi connectivity index (χ2n) is 4.80. The van der Waals surface area contributed by atoms with Crippen molar-refractivity contribution in [3.05, 3.63) is 29.8 Å². The number of aliphatic hydroxyl groups excluding tert-OH is 1. The van der Waals surface area contributed by atoms with Crippen LogP contribution < -0.4 is 5.73 Å². The largest absolute Gasteiger partial charge is 0.398 e. The summed E-state index contributed by atoms with van der Waals surface area (Å²) >= 11 is 0. The van der Waals surface area contributed by atoms with E-state index in [1.807, 2.05) is 24.3 Å². The lowest BCUT2D eigenvalue weighted by Crippen LogP contribution is -2.08. The third kappa shape index (κ3) is 4.39. The molecule has 0 radical (unpaired) electrons. The molecule has 0 aliphatic rings. The molecule has 0 aromatic heterocycles. The first-order chi connectivity index (χ1) is 8.19. The van der Waals surface area contributed by atoms with Gasteiger partial charge in [0.25, 0.3) is 0 Å². The van der Waals surface area contributed by atoms with Crippen molar-refractivity contribution in [2.24, 2.45) is 5.92 Å². The topological polar surface area (TPSA) is 46.2 Å². The number of anilines is 1. The van der Waals surface area contributed by atoms with Crippen molar-refractivity contribution in [1.82, 2.24) is 0 Å². The Bertz CT molecular complexity index is 324. The van der Waals surface area contributed by atoms with Crippen LogP contribution >= 0.6 is 0 Å². The maximum absolute atomic E-state index is 10.2. The van der Waals surface area contributed by atoms with Gasteiger partial charge in [0.2, 0.25) is 0 Å². The van der Waals surface area contributed by atoms with Crippen LogP contribution in [0.1, 0.15) is 57.6 Å². The van der Waals surface area contributed by atoms with Gasteiger partial charge in [-0.25, -0.2) is 0 Å². The first kappa shape index (κ1) is 14.0. The van der Waals surface area contributed by atoms with Gasteiger partial charge in [-0.15, -0.1) is 0 Å². The van der Waals surface area contributed by atoms with E-state index in [1.54, 1.807) is 0 Å². The number of unbranched alkanes of at least 4 members (excludes halogenated alkanes) is 1. The zero-order valence-corrected chi connectivity index (χ0v) is 11.0. The molecule has 2 nitrogen and oxygen atoms in total. The molecule has 2 unspecified atom stereocenters. The van der Waals surface area contributed by atoms with E-state index in [1.165, 1.54) is 19.3 Å². The third-order valence-electron chi connectivity index (χ3n) is 3.45. The van der Waals surface area contributed by atoms with Crippen LogP contribution in [0.25, 0.3) is 0 Å². The molecule has 1 aromatic carbocycles. The zero-order valence-electron chi connectivity index (χ0n) is 11.0. The van der Waals surface area contributed by atoms with Gasteiger partial charge in [0.05, 0.1) is 6.10 Å². The van der Waals surface area contributed by atoms with Crippen molar-refractivity contribution < 1.29 is 5.11 Å². The molecule has 96 valence electrons. The van der Waals surface area contributed by atoms with Crippen molar-refractivity contribution in [2.45, 2.75) is 52.1 Å². The minimum Gasteiger partial charge on any atom is -0.398 e. The summed E-state index contributed by atoms with van der Waals surface area (Å²) in [6.45, 7) is 4.40. The molecular weight excluding hydrogens is 210 g/mol. The van der Waals surface area contributed by atoms with Crippen molar-refractivity contribution in [2.75, 3.05) is 5.73 Å². The quantitative estimate of drug-likeness (QED) is 0.704. The molecule has 0 saturated heterocycles. The first-order valence-corrected chi connectivity index (χ1v) is 6.71. The van der Waals surface area contributed by atoms with Crippen LogP contribution in [-0.2, 0) is 0 Å². The van der Waals surface area contributed by atoms with Crippen molar-refractivity contribution in [3.8, 4) is 0 Å². The fourth-order valence-electron chi connectivity index (χ4n) is 2.24. The Morgan fingerprint density at radius 1 is 1.24 bits per heavy atom. The van der Waals surface area contributed by atoms with Gasteiger partial charge in [-0.1, -0.05) is 57.7 Å². The predicted molar refractivity (Wildman–Crippen MR) is 73.7 cm³/mol. The lowest BCUT2D eigenvalue weighted by Gasteiger charge is -2.20. The standard InChI is InChI=1S/C15H25NO/c1-3-5-8-12(4-2)11-15(17)13-9-6-7-10-14(13)16/h6-7,9-10,12,15,17H,3-5,8,11,16H2,1-2H3. The smallest absolute Gasteiger partial charge is 0.0812 e. The summed E-state index contributed by atoms with van der Waals surface area (Å²) in [6.07, 6.45) is 5.21. The third-order valence-corrected chi connectivity index (χ3v) is 3.45. The highest BCUT2D eigenvalue weighted by molar-refractivity contribution is 5.47. The molecule has 2 atom stereocenters. The second-order valence-corrected chi connectivity index (χ2v) is 4.80. The van der Waals surface area contributed by atoms with E-state index in [2.05, 4.69) is 13.8 Å². The van der Waals surface area contributed by atoms with E-state index < -0.39 is 6.10 Å². The van der Waals surface area contributed by atoms with Gasteiger partial charge in [0, 0.05) is 11.3 Å². The molecule has 0 aliphatic carbocycles. The first-order valence-electron chi connectivity index (χ1n) is 6.71. The van der Waals surface area contributed by atoms with Gasteiger partial charge in [-0.2, -0.15) is 0 Å². The van der Waals surface area contributed by atoms with Crippen LogP contribution in [0.2, 0.25) is 0 Å². The van der Waals surface area contributed by atoms with Gasteiger partial charge in [-0.05, 0) is 18.4 Å². The number of hydrogen-bond donors (Lipinski definition) is 2. The molecular formula is C15H25NO. The van der Waals surface area contributed by atoms with Crippen LogP contribution in [0.15, 0.2) is 24.3 Å². The molecule has 17 heavy (non-hydrogen) atoms. The van der Waals surface area contributed by atoms with E-state index in [-0.39, 0.29) is 0 Å². The summed E-state index contributed by atoms with van der Waals surface area (Å²) < 4.78 is 0. The van der Waals surface area contributed by atoms with Crippen LogP contribution in [0.4, 0.5) is 5.69 Å². The summed E-state index contributed by atoms with van der Waals surface area (Å²) in [5.74, 6) is 0.601. The van der Waals surface area contributed by atoms with Gasteiger partial charge in [0.15, 0.2) is 0 Å². The molecule has 0 fully saturated rings. The zero-order chi connectivity index (χ0) is 12.7. The fourth-order valence-corrected chi connectivity index (χ4v) is 2.24. The molecule has 0 spiro atoms. The number of aliphatic hydroxyl groups is 1. The Hall–Kier alpha value is -1.02. The molecule has 0 bridgehead atoms. The van der Waals surface area contributed by atoms with Gasteiger partial charge >= 0.3 is 0 Å². The highest BCUT2D eigenvalue weighted by Gasteiger charge is 2.15. The highest BCUT2D eigenvalue weighted by Crippen LogP contribution is 2.29.